The number of methoxy groups -OCH3 is 1. The average Bonchev–Trinajstić information content (AvgIpc) is 3.35. The summed E-state index contributed by atoms with van der Waals surface area (Å²) in [5, 5.41) is 23.6. The van der Waals surface area contributed by atoms with Crippen LogP contribution in [0.2, 0.25) is 0 Å². The molecule has 1 aromatic rings. The Morgan fingerprint density at radius 1 is 0.915 bits per heavy atom. The summed E-state index contributed by atoms with van der Waals surface area (Å²) in [5.41, 5.74) is -5.22. The SMILES string of the molecule is COC(=O)[C@]1(C)[C@H](O)C[C@H](O)[C@]2(C)[C@H]3[C@@H](OC(=O)C(C)C)[C@H](OC(C)=O)[C@@]4(C)[C@H](c5ccoc5)C[C@@H]5O[C@@]54[C@]3(C)[C@H](OC(C)=O)C[C@@H]12. The van der Waals surface area contributed by atoms with Crippen LogP contribution >= 0.6 is 0 Å². The minimum Gasteiger partial charge on any atom is -0.472 e. The molecular formula is C35H48O12. The van der Waals surface area contributed by atoms with Gasteiger partial charge < -0.3 is 38.3 Å². The molecule has 1 aliphatic heterocycles. The van der Waals surface area contributed by atoms with Crippen LogP contribution in [-0.2, 0) is 42.9 Å². The number of rotatable bonds is 6. The quantitative estimate of drug-likeness (QED) is 0.260. The van der Waals surface area contributed by atoms with E-state index in [1.54, 1.807) is 33.3 Å². The van der Waals surface area contributed by atoms with Crippen LogP contribution in [0.4, 0.5) is 0 Å². The molecule has 4 aliphatic carbocycles. The number of epoxide rings is 1. The fraction of sp³-hybridized carbons (Fsp3) is 0.771. The van der Waals surface area contributed by atoms with Crippen molar-refractivity contribution in [3.63, 3.8) is 0 Å². The highest BCUT2D eigenvalue weighted by molar-refractivity contribution is 5.78. The number of aliphatic hydroxyl groups excluding tert-OH is 2. The lowest BCUT2D eigenvalue weighted by Crippen LogP contribution is -2.80. The summed E-state index contributed by atoms with van der Waals surface area (Å²) in [6, 6.07) is 1.86. The standard InChI is InChI=1S/C35H48O12/c1-16(2)29(40)46-26-27-31(5)21(32(6,30(41)42-9)23(39)14-22(31)38)13-24(44-17(3)36)34(27,8)35-25(47-35)12-20(19-10-11-43-15-19)33(35,7)28(26)45-18(4)37/h10-11,15-16,20-28,38-39H,12-14H2,1-9H3/t20-,21+,22-,23+,24+,25-,26+,27+,28-,31+,32-,33+,34+,35-/m0/s1. The van der Waals surface area contributed by atoms with E-state index < -0.39 is 99.4 Å². The van der Waals surface area contributed by atoms with Crippen molar-refractivity contribution in [3.8, 4) is 0 Å². The topological polar surface area (TPSA) is 171 Å². The van der Waals surface area contributed by atoms with E-state index in [2.05, 4.69) is 0 Å². The predicted molar refractivity (Wildman–Crippen MR) is 162 cm³/mol. The Labute approximate surface area is 274 Å². The maximum Gasteiger partial charge on any atom is 0.314 e. The molecule has 6 rings (SSSR count). The van der Waals surface area contributed by atoms with Crippen molar-refractivity contribution in [3.05, 3.63) is 24.2 Å². The normalized spacial score (nSPS) is 47.9. The fourth-order valence-corrected chi connectivity index (χ4v) is 11.4. The summed E-state index contributed by atoms with van der Waals surface area (Å²) < 4.78 is 36.5. The number of hydrogen-bond donors (Lipinski definition) is 2. The molecule has 2 N–H and O–H groups in total. The van der Waals surface area contributed by atoms with Crippen molar-refractivity contribution in [1.29, 1.82) is 0 Å². The average molecular weight is 661 g/mol. The van der Waals surface area contributed by atoms with Crippen LogP contribution in [0, 0.1) is 39.4 Å². The maximum atomic E-state index is 13.7. The number of ether oxygens (including phenoxy) is 5. The third kappa shape index (κ3) is 4.10. The third-order valence-electron chi connectivity index (χ3n) is 13.4. The summed E-state index contributed by atoms with van der Waals surface area (Å²) in [6.07, 6.45) is -2.37. The Morgan fingerprint density at radius 2 is 1.57 bits per heavy atom. The molecular weight excluding hydrogens is 612 g/mol. The van der Waals surface area contributed by atoms with Crippen molar-refractivity contribution in [2.24, 2.45) is 39.4 Å². The van der Waals surface area contributed by atoms with Gasteiger partial charge in [0, 0.05) is 48.3 Å². The van der Waals surface area contributed by atoms with Gasteiger partial charge in [-0.2, -0.15) is 0 Å². The molecule has 0 radical (unpaired) electrons. The molecule has 0 unspecified atom stereocenters. The van der Waals surface area contributed by atoms with Crippen LogP contribution in [0.3, 0.4) is 0 Å². The van der Waals surface area contributed by atoms with Gasteiger partial charge >= 0.3 is 23.9 Å². The molecule has 0 bridgehead atoms. The molecule has 5 fully saturated rings. The summed E-state index contributed by atoms with van der Waals surface area (Å²) in [7, 11) is 1.24. The van der Waals surface area contributed by atoms with Crippen LogP contribution in [-0.4, -0.2) is 83.4 Å². The van der Waals surface area contributed by atoms with E-state index >= 15 is 0 Å². The zero-order valence-electron chi connectivity index (χ0n) is 28.6. The third-order valence-corrected chi connectivity index (χ3v) is 13.4. The van der Waals surface area contributed by atoms with Crippen LogP contribution < -0.4 is 0 Å². The first kappa shape index (κ1) is 33.9. The first-order chi connectivity index (χ1) is 21.9. The second kappa shape index (κ2) is 10.8. The number of esters is 4. The lowest BCUT2D eigenvalue weighted by atomic mass is 9.33. The van der Waals surface area contributed by atoms with Gasteiger partial charge in [0.1, 0.15) is 23.9 Å². The van der Waals surface area contributed by atoms with Crippen molar-refractivity contribution in [1.82, 2.24) is 0 Å². The highest BCUT2D eigenvalue weighted by atomic mass is 16.6. The monoisotopic (exact) mass is 660 g/mol. The first-order valence-electron chi connectivity index (χ1n) is 16.6. The van der Waals surface area contributed by atoms with E-state index in [4.69, 9.17) is 28.1 Å². The Bertz CT molecular complexity index is 1460. The van der Waals surface area contributed by atoms with Crippen LogP contribution in [0.25, 0.3) is 0 Å². The largest absolute Gasteiger partial charge is 0.472 e. The van der Waals surface area contributed by atoms with Gasteiger partial charge in [0.25, 0.3) is 0 Å². The lowest BCUT2D eigenvalue weighted by Gasteiger charge is -2.72. The van der Waals surface area contributed by atoms with Crippen molar-refractivity contribution < 1.29 is 57.5 Å². The zero-order valence-corrected chi connectivity index (χ0v) is 28.6. The summed E-state index contributed by atoms with van der Waals surface area (Å²) in [4.78, 5) is 53.3. The van der Waals surface area contributed by atoms with Gasteiger partial charge in [0.05, 0.1) is 49.3 Å². The predicted octanol–water partition coefficient (Wildman–Crippen LogP) is 3.31. The minimum absolute atomic E-state index is 0.0795. The number of fused-ring (bicyclic) bond motifs is 3. The van der Waals surface area contributed by atoms with Crippen molar-refractivity contribution in [2.45, 2.75) is 123 Å². The van der Waals surface area contributed by atoms with Gasteiger partial charge in [0.2, 0.25) is 0 Å². The second-order valence-corrected chi connectivity index (χ2v) is 15.6. The highest BCUT2D eigenvalue weighted by Gasteiger charge is 2.92. The molecule has 0 amide bonds. The van der Waals surface area contributed by atoms with Crippen molar-refractivity contribution >= 4 is 23.9 Å². The van der Waals surface area contributed by atoms with Gasteiger partial charge in [-0.3, -0.25) is 19.2 Å². The molecule has 1 aromatic heterocycles. The smallest absolute Gasteiger partial charge is 0.314 e. The van der Waals surface area contributed by atoms with Crippen LogP contribution in [0.15, 0.2) is 23.0 Å². The van der Waals surface area contributed by atoms with Crippen LogP contribution in [0.5, 0.6) is 0 Å². The zero-order chi connectivity index (χ0) is 34.6. The number of furan rings is 1. The molecule has 4 saturated carbocycles. The van der Waals surface area contributed by atoms with E-state index in [-0.39, 0.29) is 24.9 Å². The highest BCUT2D eigenvalue weighted by Crippen LogP contribution is 2.83. The van der Waals surface area contributed by atoms with E-state index in [0.717, 1.165) is 5.56 Å². The fourth-order valence-electron chi connectivity index (χ4n) is 11.4. The number of carbonyl (C=O) groups excluding carboxylic acids is 4. The maximum absolute atomic E-state index is 13.7. The Kier molecular flexibility index (Phi) is 7.77. The van der Waals surface area contributed by atoms with Gasteiger partial charge in [-0.1, -0.05) is 34.6 Å². The molecule has 1 spiro atoms. The summed E-state index contributed by atoms with van der Waals surface area (Å²) in [6.45, 7) is 13.4. The number of carbonyl (C=O) groups is 4. The Morgan fingerprint density at radius 3 is 2.13 bits per heavy atom. The van der Waals surface area contributed by atoms with Crippen LogP contribution in [0.1, 0.15) is 86.1 Å². The van der Waals surface area contributed by atoms with Gasteiger partial charge in [-0.15, -0.1) is 0 Å². The van der Waals surface area contributed by atoms with E-state index in [9.17, 15) is 29.4 Å². The van der Waals surface area contributed by atoms with Crippen molar-refractivity contribution in [2.75, 3.05) is 7.11 Å². The molecule has 260 valence electrons. The molecule has 14 atom stereocenters. The summed E-state index contributed by atoms with van der Waals surface area (Å²) >= 11 is 0. The molecule has 12 heteroatoms. The molecule has 1 saturated heterocycles. The van der Waals surface area contributed by atoms with E-state index in [0.29, 0.717) is 6.42 Å². The van der Waals surface area contributed by atoms with E-state index in [1.165, 1.54) is 21.0 Å². The number of aliphatic hydroxyl groups is 2. The second-order valence-electron chi connectivity index (χ2n) is 15.6. The number of hydrogen-bond acceptors (Lipinski definition) is 12. The van der Waals surface area contributed by atoms with E-state index in [1.807, 2.05) is 26.8 Å². The molecule has 0 aromatic carbocycles. The molecule has 47 heavy (non-hydrogen) atoms. The molecule has 12 nitrogen and oxygen atoms in total. The van der Waals surface area contributed by atoms with Gasteiger partial charge in [-0.05, 0) is 37.3 Å². The Balaban J connectivity index is 1.68. The molecule has 2 heterocycles. The summed E-state index contributed by atoms with van der Waals surface area (Å²) in [5.74, 6) is -4.93. The Hall–Kier alpha value is -2.96. The van der Waals surface area contributed by atoms with Gasteiger partial charge in [0.15, 0.2) is 0 Å². The minimum atomic E-state index is -1.54. The lowest BCUT2D eigenvalue weighted by molar-refractivity contribution is -0.330. The first-order valence-corrected chi connectivity index (χ1v) is 16.6. The van der Waals surface area contributed by atoms with Gasteiger partial charge in [-0.25, -0.2) is 0 Å². The molecule has 5 aliphatic rings.